The van der Waals surface area contributed by atoms with Gasteiger partial charge in [-0.1, -0.05) is 6.58 Å². The molecule has 0 rings (SSSR count). The quantitative estimate of drug-likeness (QED) is 0.199. The fourth-order valence-electron chi connectivity index (χ4n) is 1.28. The van der Waals surface area contributed by atoms with Crippen LogP contribution in [-0.2, 0) is 18.7 Å². The minimum Gasteiger partial charge on any atom is -0.462 e. The summed E-state index contributed by atoms with van der Waals surface area (Å²) in [5, 5.41) is 0. The third kappa shape index (κ3) is 11.3. The number of hydrogen-bond acceptors (Lipinski definition) is 5. The number of rotatable bonds is 9. The Morgan fingerprint density at radius 2 is 1.60 bits per heavy atom. The monoisotopic (exact) mass is 331 g/mol. The summed E-state index contributed by atoms with van der Waals surface area (Å²) in [5.74, 6) is -0.596. The van der Waals surface area contributed by atoms with Crippen LogP contribution >= 0.6 is 15.2 Å². The Hall–Kier alpha value is -0.530. The van der Waals surface area contributed by atoms with E-state index in [4.69, 9.17) is 24.3 Å². The van der Waals surface area contributed by atoms with Crippen LogP contribution in [0.4, 0.5) is 0 Å². The molecule has 0 heterocycles. The van der Waals surface area contributed by atoms with E-state index in [1.54, 1.807) is 0 Å². The molecule has 4 N–H and O–H groups in total. The zero-order valence-corrected chi connectivity index (χ0v) is 12.8. The third-order valence-corrected chi connectivity index (χ3v) is 3.51. The SMILES string of the molecule is C=C(C)C(=O)OCCCN(CP(=O)(O)O)CP(=O)(O)O. The molecule has 9 nitrogen and oxygen atoms in total. The van der Waals surface area contributed by atoms with E-state index in [1.165, 1.54) is 6.92 Å². The zero-order valence-electron chi connectivity index (χ0n) is 11.0. The highest BCUT2D eigenvalue weighted by molar-refractivity contribution is 7.52. The van der Waals surface area contributed by atoms with E-state index < -0.39 is 33.7 Å². The summed E-state index contributed by atoms with van der Waals surface area (Å²) >= 11 is 0. The lowest BCUT2D eigenvalue weighted by atomic mass is 10.3. The maximum atomic E-state index is 11.1. The summed E-state index contributed by atoms with van der Waals surface area (Å²) in [5.41, 5.74) is 0.215. The standard InChI is InChI=1S/C9H19NO8P2/c1-8(2)9(11)18-5-3-4-10(6-19(12,13)14)7-20(15,16)17/h1,3-7H2,2H3,(H2,12,13,14)(H2,15,16,17). The number of esters is 1. The molecule has 20 heavy (non-hydrogen) atoms. The Kier molecular flexibility index (Phi) is 7.83. The van der Waals surface area contributed by atoms with Crippen molar-refractivity contribution in [1.29, 1.82) is 0 Å². The first-order valence-electron chi connectivity index (χ1n) is 5.55. The van der Waals surface area contributed by atoms with E-state index in [0.29, 0.717) is 0 Å². The maximum Gasteiger partial charge on any atom is 0.339 e. The van der Waals surface area contributed by atoms with Crippen molar-refractivity contribution < 1.29 is 38.2 Å². The highest BCUT2D eigenvalue weighted by Gasteiger charge is 2.25. The van der Waals surface area contributed by atoms with E-state index in [2.05, 4.69) is 6.58 Å². The van der Waals surface area contributed by atoms with E-state index in [0.717, 1.165) is 4.90 Å². The minimum absolute atomic E-state index is 0.0281. The van der Waals surface area contributed by atoms with Crippen LogP contribution in [0.15, 0.2) is 12.2 Å². The molecule has 118 valence electrons. The molecule has 0 aliphatic carbocycles. The molecule has 0 saturated carbocycles. The summed E-state index contributed by atoms with van der Waals surface area (Å²) in [6.45, 7) is 4.78. The van der Waals surface area contributed by atoms with Crippen LogP contribution in [0.3, 0.4) is 0 Å². The van der Waals surface area contributed by atoms with Gasteiger partial charge < -0.3 is 24.3 Å². The molecule has 0 bridgehead atoms. The molecule has 0 aliphatic rings. The molecular weight excluding hydrogens is 312 g/mol. The van der Waals surface area contributed by atoms with Gasteiger partial charge in [0.15, 0.2) is 0 Å². The zero-order chi connectivity index (χ0) is 16.0. The minimum atomic E-state index is -4.43. The number of carbonyl (C=O) groups excluding carboxylic acids is 1. The predicted molar refractivity (Wildman–Crippen MR) is 70.9 cm³/mol. The Bertz CT molecular complexity index is 415. The van der Waals surface area contributed by atoms with Crippen LogP contribution < -0.4 is 0 Å². The lowest BCUT2D eigenvalue weighted by Crippen LogP contribution is -2.28. The molecule has 11 heteroatoms. The van der Waals surface area contributed by atoms with Gasteiger partial charge in [-0.3, -0.25) is 14.0 Å². The molecule has 0 aliphatic heterocycles. The van der Waals surface area contributed by atoms with Crippen molar-refractivity contribution in [3.05, 3.63) is 12.2 Å². The number of hydrogen-bond donors (Lipinski definition) is 4. The molecule has 0 atom stereocenters. The van der Waals surface area contributed by atoms with Gasteiger partial charge in [-0.25, -0.2) is 4.79 Å². The Labute approximate surface area is 116 Å². The number of ether oxygens (including phenoxy) is 1. The van der Waals surface area contributed by atoms with Crippen molar-refractivity contribution >= 4 is 21.2 Å². The summed E-state index contributed by atoms with van der Waals surface area (Å²) < 4.78 is 26.5. The van der Waals surface area contributed by atoms with E-state index >= 15 is 0 Å². The second-order valence-corrected chi connectivity index (χ2v) is 7.50. The first-order valence-corrected chi connectivity index (χ1v) is 9.14. The van der Waals surface area contributed by atoms with Crippen molar-refractivity contribution in [3.63, 3.8) is 0 Å². The van der Waals surface area contributed by atoms with Gasteiger partial charge in [-0.2, -0.15) is 0 Å². The van der Waals surface area contributed by atoms with E-state index in [-0.39, 0.29) is 25.1 Å². The van der Waals surface area contributed by atoms with Gasteiger partial charge in [0.1, 0.15) is 12.6 Å². The predicted octanol–water partition coefficient (Wildman–Crippen LogP) is 0.0682. The van der Waals surface area contributed by atoms with Crippen LogP contribution in [-0.4, -0.2) is 56.2 Å². The van der Waals surface area contributed by atoms with Crippen LogP contribution in [0, 0.1) is 0 Å². The second kappa shape index (κ2) is 8.05. The molecule has 0 saturated heterocycles. The molecule has 0 unspecified atom stereocenters. The number of nitrogens with zero attached hydrogens (tertiary/aromatic N) is 1. The molecular formula is C9H19NO8P2. The van der Waals surface area contributed by atoms with Crippen molar-refractivity contribution in [2.24, 2.45) is 0 Å². The van der Waals surface area contributed by atoms with Crippen LogP contribution in [0.2, 0.25) is 0 Å². The average Bonchev–Trinajstić information content (AvgIpc) is 2.18. The smallest absolute Gasteiger partial charge is 0.339 e. The molecule has 0 aromatic heterocycles. The third-order valence-electron chi connectivity index (χ3n) is 1.97. The summed E-state index contributed by atoms with van der Waals surface area (Å²) in [6, 6.07) is 0. The fourth-order valence-corrected chi connectivity index (χ4v) is 2.97. The van der Waals surface area contributed by atoms with Gasteiger partial charge in [0, 0.05) is 12.1 Å². The van der Waals surface area contributed by atoms with Crippen LogP contribution in [0.1, 0.15) is 13.3 Å². The highest BCUT2D eigenvalue weighted by atomic mass is 31.2. The van der Waals surface area contributed by atoms with Crippen molar-refractivity contribution in [1.82, 2.24) is 4.90 Å². The lowest BCUT2D eigenvalue weighted by Gasteiger charge is -2.22. The molecule has 0 spiro atoms. The molecule has 0 radical (unpaired) electrons. The van der Waals surface area contributed by atoms with Gasteiger partial charge in [-0.05, 0) is 13.3 Å². The normalized spacial score (nSPS) is 12.5. The lowest BCUT2D eigenvalue weighted by molar-refractivity contribution is -0.139. The highest BCUT2D eigenvalue weighted by Crippen LogP contribution is 2.40. The fraction of sp³-hybridized carbons (Fsp3) is 0.667. The molecule has 0 fully saturated rings. The summed E-state index contributed by atoms with van der Waals surface area (Å²) in [7, 11) is -8.86. The Morgan fingerprint density at radius 3 is 1.95 bits per heavy atom. The van der Waals surface area contributed by atoms with Gasteiger partial charge in [-0.15, -0.1) is 0 Å². The molecule has 0 aromatic rings. The topological polar surface area (TPSA) is 145 Å². The van der Waals surface area contributed by atoms with E-state index in [1.807, 2.05) is 0 Å². The van der Waals surface area contributed by atoms with Crippen LogP contribution in [0.25, 0.3) is 0 Å². The van der Waals surface area contributed by atoms with Gasteiger partial charge in [0.25, 0.3) is 0 Å². The molecule has 0 amide bonds. The van der Waals surface area contributed by atoms with Crippen molar-refractivity contribution in [2.45, 2.75) is 13.3 Å². The Balaban J connectivity index is 4.30. The summed E-state index contributed by atoms with van der Waals surface area (Å²) in [6.07, 6.45) is -1.36. The van der Waals surface area contributed by atoms with Gasteiger partial charge in [0.2, 0.25) is 0 Å². The van der Waals surface area contributed by atoms with E-state index in [9.17, 15) is 13.9 Å². The van der Waals surface area contributed by atoms with Crippen molar-refractivity contribution in [3.8, 4) is 0 Å². The number of carbonyl (C=O) groups is 1. The van der Waals surface area contributed by atoms with Gasteiger partial charge >= 0.3 is 21.2 Å². The van der Waals surface area contributed by atoms with Crippen molar-refractivity contribution in [2.75, 3.05) is 25.7 Å². The second-order valence-electron chi connectivity index (χ2n) is 4.28. The maximum absolute atomic E-state index is 11.1. The van der Waals surface area contributed by atoms with Crippen LogP contribution in [0.5, 0.6) is 0 Å². The first-order chi connectivity index (χ1) is 8.91. The summed E-state index contributed by atoms with van der Waals surface area (Å²) in [4.78, 5) is 47.3. The van der Waals surface area contributed by atoms with Gasteiger partial charge in [0.05, 0.1) is 6.61 Å². The Morgan fingerprint density at radius 1 is 1.15 bits per heavy atom. The average molecular weight is 331 g/mol. The molecule has 0 aromatic carbocycles. The largest absolute Gasteiger partial charge is 0.462 e. The first kappa shape index (κ1) is 19.5.